The highest BCUT2D eigenvalue weighted by molar-refractivity contribution is 7.89. The monoisotopic (exact) mass is 402 g/mol. The van der Waals surface area contributed by atoms with Gasteiger partial charge in [-0.2, -0.15) is 4.31 Å². The second-order valence-electron chi connectivity index (χ2n) is 7.09. The van der Waals surface area contributed by atoms with Crippen molar-refractivity contribution in [1.29, 1.82) is 0 Å². The Bertz CT molecular complexity index is 859. The Kier molecular flexibility index (Phi) is 5.74. The Hall–Kier alpha value is -1.00. The first-order valence-electron chi connectivity index (χ1n) is 8.92. The van der Waals surface area contributed by atoms with Crippen molar-refractivity contribution in [1.82, 2.24) is 9.03 Å². The van der Waals surface area contributed by atoms with Crippen LogP contribution in [0.3, 0.4) is 0 Å². The Morgan fingerprint density at radius 2 is 2.00 bits per heavy atom. The predicted molar refractivity (Wildman–Crippen MR) is 98.8 cm³/mol. The van der Waals surface area contributed by atoms with E-state index in [2.05, 4.69) is 4.72 Å². The fraction of sp³-hybridized carbons (Fsp3) is 0.647. The summed E-state index contributed by atoms with van der Waals surface area (Å²) in [4.78, 5) is 0.165. The summed E-state index contributed by atoms with van der Waals surface area (Å²) in [6.07, 6.45) is 2.32. The van der Waals surface area contributed by atoms with Crippen LogP contribution in [-0.4, -0.2) is 52.2 Å². The van der Waals surface area contributed by atoms with Gasteiger partial charge in [0.15, 0.2) is 0 Å². The van der Waals surface area contributed by atoms with E-state index in [1.807, 2.05) is 0 Å². The van der Waals surface area contributed by atoms with Gasteiger partial charge in [0, 0.05) is 26.2 Å². The molecule has 2 aliphatic heterocycles. The third kappa shape index (κ3) is 4.12. The highest BCUT2D eigenvalue weighted by Gasteiger charge is 2.30. The number of rotatable bonds is 6. The molecule has 1 aromatic carbocycles. The van der Waals surface area contributed by atoms with Gasteiger partial charge in [-0.05, 0) is 56.4 Å². The van der Waals surface area contributed by atoms with Crippen LogP contribution in [0.25, 0.3) is 0 Å². The van der Waals surface area contributed by atoms with Gasteiger partial charge in [0.1, 0.15) is 0 Å². The van der Waals surface area contributed by atoms with Gasteiger partial charge in [-0.15, -0.1) is 0 Å². The molecular formula is C17H26N2O5S2. The molecule has 0 radical (unpaired) electrons. The van der Waals surface area contributed by atoms with Crippen LogP contribution in [0.15, 0.2) is 23.1 Å². The maximum absolute atomic E-state index is 12.6. The minimum atomic E-state index is -3.65. The molecule has 0 spiro atoms. The summed E-state index contributed by atoms with van der Waals surface area (Å²) >= 11 is 0. The minimum Gasteiger partial charge on any atom is -0.377 e. The molecule has 1 N–H and O–H groups in total. The molecule has 2 heterocycles. The molecule has 0 aliphatic carbocycles. The molecule has 2 aliphatic rings. The van der Waals surface area contributed by atoms with E-state index in [0.717, 1.165) is 24.0 Å². The quantitative estimate of drug-likeness (QED) is 0.773. The van der Waals surface area contributed by atoms with Crippen LogP contribution < -0.4 is 4.72 Å². The number of ether oxygens (including phenoxy) is 1. The molecule has 1 saturated heterocycles. The standard InChI is InChI=1S/C17H26N2O5S2/c1-13(2)26(22,23)19-8-7-14-5-6-17(10-15(14)12-19)25(20,21)18-11-16-4-3-9-24-16/h5-6,10,13,16,18H,3-4,7-9,11-12H2,1-2H3. The van der Waals surface area contributed by atoms with Crippen molar-refractivity contribution in [3.05, 3.63) is 29.3 Å². The molecule has 0 bridgehead atoms. The van der Waals surface area contributed by atoms with Crippen LogP contribution in [0.1, 0.15) is 37.8 Å². The van der Waals surface area contributed by atoms with Gasteiger partial charge in [0.05, 0.1) is 16.2 Å². The number of sulfonamides is 2. The summed E-state index contributed by atoms with van der Waals surface area (Å²) in [5, 5.41) is -0.496. The lowest BCUT2D eigenvalue weighted by atomic mass is 10.0. The zero-order valence-electron chi connectivity index (χ0n) is 15.1. The smallest absolute Gasteiger partial charge is 0.240 e. The summed E-state index contributed by atoms with van der Waals surface area (Å²) in [7, 11) is -7.01. The van der Waals surface area contributed by atoms with E-state index in [0.29, 0.717) is 19.6 Å². The molecule has 146 valence electrons. The lowest BCUT2D eigenvalue weighted by Gasteiger charge is -2.29. The second kappa shape index (κ2) is 7.55. The van der Waals surface area contributed by atoms with E-state index in [4.69, 9.17) is 4.74 Å². The second-order valence-corrected chi connectivity index (χ2v) is 11.4. The lowest BCUT2D eigenvalue weighted by Crippen LogP contribution is -2.40. The van der Waals surface area contributed by atoms with Crippen LogP contribution in [0, 0.1) is 0 Å². The van der Waals surface area contributed by atoms with Crippen LogP contribution in [0.5, 0.6) is 0 Å². The number of hydrogen-bond donors (Lipinski definition) is 1. The van der Waals surface area contributed by atoms with E-state index < -0.39 is 25.3 Å². The Morgan fingerprint density at radius 1 is 1.23 bits per heavy atom. The molecular weight excluding hydrogens is 376 g/mol. The van der Waals surface area contributed by atoms with Crippen LogP contribution in [-0.2, 0) is 37.7 Å². The highest BCUT2D eigenvalue weighted by atomic mass is 32.2. The Balaban J connectivity index is 1.77. The van der Waals surface area contributed by atoms with Crippen molar-refractivity contribution in [3.63, 3.8) is 0 Å². The molecule has 3 rings (SSSR count). The fourth-order valence-corrected chi connectivity index (χ4v) is 5.66. The largest absolute Gasteiger partial charge is 0.377 e. The maximum atomic E-state index is 12.6. The Labute approximate surface area is 155 Å². The molecule has 0 aromatic heterocycles. The predicted octanol–water partition coefficient (Wildman–Crippen LogP) is 1.24. The van der Waals surface area contributed by atoms with E-state index in [-0.39, 0.29) is 24.1 Å². The molecule has 9 heteroatoms. The van der Waals surface area contributed by atoms with Crippen molar-refractivity contribution in [2.75, 3.05) is 19.7 Å². The van der Waals surface area contributed by atoms with Gasteiger partial charge >= 0.3 is 0 Å². The molecule has 1 unspecified atom stereocenters. The number of nitrogens with zero attached hydrogens (tertiary/aromatic N) is 1. The lowest BCUT2D eigenvalue weighted by molar-refractivity contribution is 0.114. The summed E-state index contributed by atoms with van der Waals surface area (Å²) in [6, 6.07) is 4.97. The van der Waals surface area contributed by atoms with Crippen molar-refractivity contribution in [2.45, 2.75) is 55.9 Å². The third-order valence-electron chi connectivity index (χ3n) is 4.95. The molecule has 1 fully saturated rings. The van der Waals surface area contributed by atoms with Gasteiger partial charge in [-0.1, -0.05) is 6.07 Å². The molecule has 0 amide bonds. The van der Waals surface area contributed by atoms with Gasteiger partial charge in [0.25, 0.3) is 0 Å². The number of hydrogen-bond acceptors (Lipinski definition) is 5. The molecule has 0 saturated carbocycles. The van der Waals surface area contributed by atoms with Gasteiger partial charge in [-0.3, -0.25) is 0 Å². The SMILES string of the molecule is CC(C)S(=O)(=O)N1CCc2ccc(S(=O)(=O)NCC3CCCO3)cc2C1. The Morgan fingerprint density at radius 3 is 2.65 bits per heavy atom. The summed E-state index contributed by atoms with van der Waals surface area (Å²) in [6.45, 7) is 4.88. The van der Waals surface area contributed by atoms with Crippen molar-refractivity contribution in [2.24, 2.45) is 0 Å². The van der Waals surface area contributed by atoms with Crippen LogP contribution in [0.2, 0.25) is 0 Å². The maximum Gasteiger partial charge on any atom is 0.240 e. The van der Waals surface area contributed by atoms with Crippen molar-refractivity contribution in [3.8, 4) is 0 Å². The molecule has 26 heavy (non-hydrogen) atoms. The highest BCUT2D eigenvalue weighted by Crippen LogP contribution is 2.25. The first kappa shape index (κ1) is 19.8. The van der Waals surface area contributed by atoms with Crippen LogP contribution >= 0.6 is 0 Å². The average Bonchev–Trinajstić information content (AvgIpc) is 3.12. The minimum absolute atomic E-state index is 0.0749. The van der Waals surface area contributed by atoms with Crippen molar-refractivity contribution < 1.29 is 21.6 Å². The van der Waals surface area contributed by atoms with Gasteiger partial charge < -0.3 is 4.74 Å². The normalized spacial score (nSPS) is 21.9. The number of benzene rings is 1. The molecule has 1 aromatic rings. The zero-order chi connectivity index (χ0) is 18.9. The van der Waals surface area contributed by atoms with E-state index >= 15 is 0 Å². The average molecular weight is 403 g/mol. The summed E-state index contributed by atoms with van der Waals surface area (Å²) in [5.74, 6) is 0. The fourth-order valence-electron chi connectivity index (χ4n) is 3.28. The first-order chi connectivity index (χ1) is 12.2. The zero-order valence-corrected chi connectivity index (χ0v) is 16.8. The summed E-state index contributed by atoms with van der Waals surface area (Å²) in [5.41, 5.74) is 1.75. The van der Waals surface area contributed by atoms with E-state index in [1.165, 1.54) is 4.31 Å². The first-order valence-corrected chi connectivity index (χ1v) is 11.9. The third-order valence-corrected chi connectivity index (χ3v) is 8.59. The van der Waals surface area contributed by atoms with Gasteiger partial charge in [-0.25, -0.2) is 21.6 Å². The molecule has 1 atom stereocenters. The summed E-state index contributed by atoms with van der Waals surface area (Å²) < 4.78 is 59.4. The topological polar surface area (TPSA) is 92.8 Å². The number of nitrogens with one attached hydrogen (secondary N) is 1. The van der Waals surface area contributed by atoms with Gasteiger partial charge in [0.2, 0.25) is 20.0 Å². The van der Waals surface area contributed by atoms with E-state index in [1.54, 1.807) is 32.0 Å². The van der Waals surface area contributed by atoms with E-state index in [9.17, 15) is 16.8 Å². The number of fused-ring (bicyclic) bond motifs is 1. The van der Waals surface area contributed by atoms with Crippen molar-refractivity contribution >= 4 is 20.0 Å². The molecule has 7 nitrogen and oxygen atoms in total. The van der Waals surface area contributed by atoms with Crippen LogP contribution in [0.4, 0.5) is 0 Å².